The van der Waals surface area contributed by atoms with Crippen molar-refractivity contribution in [1.82, 2.24) is 15.6 Å². The Morgan fingerprint density at radius 1 is 1.57 bits per heavy atom. The molecule has 14 heavy (non-hydrogen) atoms. The Morgan fingerprint density at radius 3 is 3.07 bits per heavy atom. The zero-order valence-electron chi connectivity index (χ0n) is 8.47. The molecule has 0 aliphatic rings. The molecule has 1 rings (SSSR count). The smallest absolute Gasteiger partial charge is 0.221 e. The van der Waals surface area contributed by atoms with Gasteiger partial charge in [0, 0.05) is 31.9 Å². The number of carbonyl (C=O) groups is 1. The van der Waals surface area contributed by atoms with E-state index in [2.05, 4.69) is 15.6 Å². The summed E-state index contributed by atoms with van der Waals surface area (Å²) in [5.41, 5.74) is 1.10. The first kappa shape index (κ1) is 10.8. The summed E-state index contributed by atoms with van der Waals surface area (Å²) in [6.45, 7) is 4.28. The van der Waals surface area contributed by atoms with Gasteiger partial charge in [0.1, 0.15) is 0 Å². The van der Waals surface area contributed by atoms with E-state index in [9.17, 15) is 4.79 Å². The molecule has 0 aliphatic carbocycles. The topological polar surface area (TPSA) is 56.9 Å². The lowest BCUT2D eigenvalue weighted by atomic mass is 10.3. The highest BCUT2D eigenvalue weighted by Crippen LogP contribution is 1.94. The molecule has 0 aliphatic heterocycles. The van der Waals surface area contributed by atoms with Crippen LogP contribution in [-0.4, -0.2) is 24.0 Å². The summed E-state index contributed by atoms with van der Waals surface area (Å²) >= 11 is 0. The van der Waals surface area contributed by atoms with E-state index in [1.807, 2.05) is 25.4 Å². The van der Waals surface area contributed by atoms with Crippen LogP contribution in [0.4, 0.5) is 0 Å². The molecule has 0 saturated heterocycles. The number of hydrogen-bond donors (Lipinski definition) is 3. The predicted molar refractivity (Wildman–Crippen MR) is 55.8 cm³/mol. The fourth-order valence-electron chi connectivity index (χ4n) is 1.14. The van der Waals surface area contributed by atoms with Crippen molar-refractivity contribution >= 4 is 5.91 Å². The molecule has 0 saturated carbocycles. The maximum atomic E-state index is 11.3. The van der Waals surface area contributed by atoms with Crippen molar-refractivity contribution in [3.8, 4) is 0 Å². The summed E-state index contributed by atoms with van der Waals surface area (Å²) in [6.07, 6.45) is 4.27. The molecule has 1 amide bonds. The highest BCUT2D eigenvalue weighted by Gasteiger charge is 1.99. The minimum absolute atomic E-state index is 0.0900. The predicted octanol–water partition coefficient (Wildman–Crippen LogP) is 0.630. The van der Waals surface area contributed by atoms with Gasteiger partial charge in [0.05, 0.1) is 0 Å². The van der Waals surface area contributed by atoms with E-state index >= 15 is 0 Å². The van der Waals surface area contributed by atoms with Crippen molar-refractivity contribution in [2.24, 2.45) is 0 Å². The quantitative estimate of drug-likeness (QED) is 0.583. The summed E-state index contributed by atoms with van der Waals surface area (Å²) < 4.78 is 0. The van der Waals surface area contributed by atoms with E-state index in [1.165, 1.54) is 0 Å². The Kier molecular flexibility index (Phi) is 4.78. The molecule has 0 unspecified atom stereocenters. The first-order chi connectivity index (χ1) is 6.83. The number of aromatic nitrogens is 1. The summed E-state index contributed by atoms with van der Waals surface area (Å²) in [7, 11) is 0. The zero-order valence-corrected chi connectivity index (χ0v) is 8.47. The molecule has 1 heterocycles. The Bertz CT molecular complexity index is 256. The molecule has 0 spiro atoms. The van der Waals surface area contributed by atoms with Crippen LogP contribution in [0.2, 0.25) is 0 Å². The number of nitrogens with one attached hydrogen (secondary N) is 3. The van der Waals surface area contributed by atoms with Crippen LogP contribution >= 0.6 is 0 Å². The van der Waals surface area contributed by atoms with E-state index in [0.717, 1.165) is 18.7 Å². The molecule has 0 radical (unpaired) electrons. The maximum absolute atomic E-state index is 11.3. The van der Waals surface area contributed by atoms with Crippen molar-refractivity contribution in [1.29, 1.82) is 0 Å². The molecule has 3 N–H and O–H groups in total. The molecule has 1 aromatic heterocycles. The highest BCUT2D eigenvalue weighted by molar-refractivity contribution is 5.76. The molecule has 0 bridgehead atoms. The van der Waals surface area contributed by atoms with Gasteiger partial charge in [-0.3, -0.25) is 4.79 Å². The average Bonchev–Trinajstić information content (AvgIpc) is 2.68. The second-order valence-corrected chi connectivity index (χ2v) is 3.10. The lowest BCUT2D eigenvalue weighted by molar-refractivity contribution is -0.121. The first-order valence-electron chi connectivity index (χ1n) is 4.92. The van der Waals surface area contributed by atoms with Crippen molar-refractivity contribution < 1.29 is 4.79 Å². The molecule has 0 aromatic carbocycles. The fourth-order valence-corrected chi connectivity index (χ4v) is 1.14. The van der Waals surface area contributed by atoms with Gasteiger partial charge in [-0.05, 0) is 18.2 Å². The lowest BCUT2D eigenvalue weighted by Crippen LogP contribution is -2.27. The Hall–Kier alpha value is -1.29. The highest BCUT2D eigenvalue weighted by atomic mass is 16.1. The van der Waals surface area contributed by atoms with E-state index < -0.39 is 0 Å². The second-order valence-electron chi connectivity index (χ2n) is 3.10. The monoisotopic (exact) mass is 195 g/mol. The number of H-pyrrole nitrogens is 1. The van der Waals surface area contributed by atoms with Gasteiger partial charge in [0.2, 0.25) is 5.91 Å². The summed E-state index contributed by atoms with van der Waals surface area (Å²) in [5.74, 6) is 0.0900. The van der Waals surface area contributed by atoms with Gasteiger partial charge in [-0.1, -0.05) is 6.92 Å². The second kappa shape index (κ2) is 6.21. The number of hydrogen-bond acceptors (Lipinski definition) is 2. The summed E-state index contributed by atoms with van der Waals surface area (Å²) in [4.78, 5) is 14.2. The Balaban J connectivity index is 2.09. The molecular weight excluding hydrogens is 178 g/mol. The SMILES string of the molecule is CCNCCC(=O)NCc1cc[nH]c1. The normalized spacial score (nSPS) is 10.1. The molecule has 4 heteroatoms. The van der Waals surface area contributed by atoms with E-state index in [0.29, 0.717) is 13.0 Å². The molecule has 0 fully saturated rings. The molecule has 4 nitrogen and oxygen atoms in total. The van der Waals surface area contributed by atoms with Crippen LogP contribution in [0.1, 0.15) is 18.9 Å². The minimum Gasteiger partial charge on any atom is -0.367 e. The van der Waals surface area contributed by atoms with Gasteiger partial charge in [-0.15, -0.1) is 0 Å². The third-order valence-corrected chi connectivity index (χ3v) is 1.93. The van der Waals surface area contributed by atoms with Crippen LogP contribution in [0.25, 0.3) is 0 Å². The first-order valence-corrected chi connectivity index (χ1v) is 4.92. The van der Waals surface area contributed by atoms with Crippen molar-refractivity contribution in [2.75, 3.05) is 13.1 Å². The van der Waals surface area contributed by atoms with Crippen LogP contribution in [0.3, 0.4) is 0 Å². The molecule has 0 atom stereocenters. The lowest BCUT2D eigenvalue weighted by Gasteiger charge is -2.03. The van der Waals surface area contributed by atoms with Gasteiger partial charge >= 0.3 is 0 Å². The Labute approximate surface area is 84.1 Å². The largest absolute Gasteiger partial charge is 0.367 e. The van der Waals surface area contributed by atoms with E-state index in [1.54, 1.807) is 0 Å². The average molecular weight is 195 g/mol. The minimum atomic E-state index is 0.0900. The number of aromatic amines is 1. The molecule has 78 valence electrons. The van der Waals surface area contributed by atoms with Gasteiger partial charge < -0.3 is 15.6 Å². The standard InChI is InChI=1S/C10H17N3O/c1-2-11-6-4-10(14)13-8-9-3-5-12-7-9/h3,5,7,11-12H,2,4,6,8H2,1H3,(H,13,14). The van der Waals surface area contributed by atoms with Gasteiger partial charge in [-0.25, -0.2) is 0 Å². The van der Waals surface area contributed by atoms with Crippen molar-refractivity contribution in [2.45, 2.75) is 19.9 Å². The van der Waals surface area contributed by atoms with E-state index in [-0.39, 0.29) is 5.91 Å². The van der Waals surface area contributed by atoms with Crippen molar-refractivity contribution in [3.05, 3.63) is 24.0 Å². The fraction of sp³-hybridized carbons (Fsp3) is 0.500. The summed E-state index contributed by atoms with van der Waals surface area (Å²) in [5, 5.41) is 5.95. The third kappa shape index (κ3) is 4.09. The third-order valence-electron chi connectivity index (χ3n) is 1.93. The van der Waals surface area contributed by atoms with Crippen LogP contribution in [0.5, 0.6) is 0 Å². The molecule has 1 aromatic rings. The van der Waals surface area contributed by atoms with Crippen LogP contribution < -0.4 is 10.6 Å². The number of amides is 1. The van der Waals surface area contributed by atoms with Crippen LogP contribution in [0, 0.1) is 0 Å². The summed E-state index contributed by atoms with van der Waals surface area (Å²) in [6, 6.07) is 1.95. The number of rotatable bonds is 6. The van der Waals surface area contributed by atoms with Crippen LogP contribution in [-0.2, 0) is 11.3 Å². The number of carbonyl (C=O) groups excluding carboxylic acids is 1. The van der Waals surface area contributed by atoms with Gasteiger partial charge in [-0.2, -0.15) is 0 Å². The van der Waals surface area contributed by atoms with Crippen LogP contribution in [0.15, 0.2) is 18.5 Å². The van der Waals surface area contributed by atoms with Gasteiger partial charge in [0.15, 0.2) is 0 Å². The zero-order chi connectivity index (χ0) is 10.2. The Morgan fingerprint density at radius 2 is 2.43 bits per heavy atom. The van der Waals surface area contributed by atoms with Crippen molar-refractivity contribution in [3.63, 3.8) is 0 Å². The van der Waals surface area contributed by atoms with Gasteiger partial charge in [0.25, 0.3) is 0 Å². The molecular formula is C10H17N3O. The maximum Gasteiger partial charge on any atom is 0.221 e. The van der Waals surface area contributed by atoms with E-state index in [4.69, 9.17) is 0 Å².